The van der Waals surface area contributed by atoms with Crippen LogP contribution in [0.15, 0.2) is 22.8 Å². The van der Waals surface area contributed by atoms with Crippen LogP contribution < -0.4 is 0 Å². The van der Waals surface area contributed by atoms with Gasteiger partial charge in [-0.1, -0.05) is 11.6 Å². The molecular weight excluding hydrogens is 250 g/mol. The topological polar surface area (TPSA) is 4.93 Å². The third-order valence-corrected chi connectivity index (χ3v) is 4.23. The number of rotatable bonds is 1. The molecule has 1 nitrogen and oxygen atoms in total. The second-order valence-corrected chi connectivity index (χ2v) is 5.29. The maximum absolute atomic E-state index is 3.72. The van der Waals surface area contributed by atoms with Gasteiger partial charge in [0.1, 0.15) is 0 Å². The first-order valence-electron chi connectivity index (χ1n) is 5.45. The molecule has 0 aliphatic heterocycles. The van der Waals surface area contributed by atoms with Crippen molar-refractivity contribution in [3.8, 4) is 0 Å². The molecule has 0 atom stereocenters. The normalized spacial score (nSPS) is 16.2. The van der Waals surface area contributed by atoms with Gasteiger partial charge in [-0.15, -0.1) is 0 Å². The van der Waals surface area contributed by atoms with E-state index in [0.29, 0.717) is 0 Å². The van der Waals surface area contributed by atoms with Gasteiger partial charge < -0.3 is 4.57 Å². The van der Waals surface area contributed by atoms with E-state index in [4.69, 9.17) is 0 Å². The lowest BCUT2D eigenvalue weighted by Crippen LogP contribution is -1.93. The van der Waals surface area contributed by atoms with Gasteiger partial charge in [0.25, 0.3) is 0 Å². The van der Waals surface area contributed by atoms with E-state index in [1.807, 2.05) is 0 Å². The van der Waals surface area contributed by atoms with Gasteiger partial charge in [-0.3, -0.25) is 0 Å². The van der Waals surface area contributed by atoms with Crippen LogP contribution in [0.5, 0.6) is 0 Å². The second kappa shape index (κ2) is 3.11. The number of aryl methyl sites for hydroxylation is 2. The van der Waals surface area contributed by atoms with Crippen LogP contribution in [0.25, 0.3) is 10.9 Å². The van der Waals surface area contributed by atoms with Crippen LogP contribution in [0.3, 0.4) is 0 Å². The molecule has 1 aliphatic carbocycles. The summed E-state index contributed by atoms with van der Waals surface area (Å²) in [5.41, 5.74) is 4.10. The Labute approximate surface area is 98.2 Å². The fraction of sp³-hybridized carbons (Fsp3) is 0.385. The first-order valence-corrected chi connectivity index (χ1v) is 6.24. The van der Waals surface area contributed by atoms with Gasteiger partial charge in [0.05, 0.1) is 4.60 Å². The molecule has 0 N–H and O–H groups in total. The predicted octanol–water partition coefficient (Wildman–Crippen LogP) is 4.36. The molecule has 2 aromatic rings. The molecule has 0 saturated heterocycles. The van der Waals surface area contributed by atoms with E-state index >= 15 is 0 Å². The highest BCUT2D eigenvalue weighted by Gasteiger charge is 2.27. The summed E-state index contributed by atoms with van der Waals surface area (Å²) in [5.74, 6) is 0. The van der Waals surface area contributed by atoms with Crippen molar-refractivity contribution in [1.29, 1.82) is 0 Å². The largest absolute Gasteiger partial charge is 0.332 e. The molecule has 0 spiro atoms. The Balaban J connectivity index is 2.38. The lowest BCUT2D eigenvalue weighted by atomic mass is 10.1. The van der Waals surface area contributed by atoms with Gasteiger partial charge in [0.2, 0.25) is 0 Å². The summed E-state index contributed by atoms with van der Waals surface area (Å²) in [6.07, 6.45) is 2.66. The molecular formula is C13H14BrN. The van der Waals surface area contributed by atoms with Gasteiger partial charge in [-0.2, -0.15) is 0 Å². The van der Waals surface area contributed by atoms with Crippen molar-refractivity contribution in [2.75, 3.05) is 0 Å². The predicted molar refractivity (Wildman–Crippen MR) is 67.4 cm³/mol. The van der Waals surface area contributed by atoms with Crippen LogP contribution in [-0.4, -0.2) is 4.57 Å². The smallest absolute Gasteiger partial charge is 0.0889 e. The van der Waals surface area contributed by atoms with Gasteiger partial charge in [-0.05, 0) is 60.3 Å². The maximum Gasteiger partial charge on any atom is 0.0889 e. The van der Waals surface area contributed by atoms with E-state index in [9.17, 15) is 0 Å². The minimum absolute atomic E-state index is 0.735. The molecule has 1 aromatic carbocycles. The molecule has 1 aliphatic rings. The van der Waals surface area contributed by atoms with Crippen LogP contribution in [0.4, 0.5) is 0 Å². The zero-order chi connectivity index (χ0) is 10.6. The molecule has 1 saturated carbocycles. The zero-order valence-corrected chi connectivity index (χ0v) is 10.6. The summed E-state index contributed by atoms with van der Waals surface area (Å²) in [4.78, 5) is 0. The van der Waals surface area contributed by atoms with Crippen LogP contribution in [0.1, 0.15) is 30.0 Å². The maximum atomic E-state index is 3.72. The molecule has 1 heterocycles. The number of benzene rings is 1. The fourth-order valence-electron chi connectivity index (χ4n) is 2.25. The summed E-state index contributed by atoms with van der Waals surface area (Å²) in [5, 5.41) is 1.40. The highest BCUT2D eigenvalue weighted by atomic mass is 79.9. The third-order valence-electron chi connectivity index (χ3n) is 3.25. The standard InChI is InChI=1S/C13H14BrN/c1-8-3-6-12-11(7-8)9(2)13(14)15(12)10-4-5-10/h3,6-7,10H,4-5H2,1-2H3. The molecule has 1 aromatic heterocycles. The number of halogens is 1. The van der Waals surface area contributed by atoms with E-state index in [-0.39, 0.29) is 0 Å². The van der Waals surface area contributed by atoms with E-state index < -0.39 is 0 Å². The van der Waals surface area contributed by atoms with E-state index in [1.165, 1.54) is 39.5 Å². The Kier molecular flexibility index (Phi) is 1.96. The molecule has 15 heavy (non-hydrogen) atoms. The van der Waals surface area contributed by atoms with Gasteiger partial charge >= 0.3 is 0 Å². The first kappa shape index (κ1) is 9.46. The number of nitrogens with zero attached hydrogens (tertiary/aromatic N) is 1. The second-order valence-electron chi connectivity index (χ2n) is 4.54. The van der Waals surface area contributed by atoms with Crippen molar-refractivity contribution in [2.45, 2.75) is 32.7 Å². The van der Waals surface area contributed by atoms with E-state index in [1.54, 1.807) is 0 Å². The van der Waals surface area contributed by atoms with Crippen LogP contribution >= 0.6 is 15.9 Å². The van der Waals surface area contributed by atoms with Crippen molar-refractivity contribution in [3.63, 3.8) is 0 Å². The minimum atomic E-state index is 0.735. The quantitative estimate of drug-likeness (QED) is 0.721. The van der Waals surface area contributed by atoms with Crippen molar-refractivity contribution in [3.05, 3.63) is 33.9 Å². The zero-order valence-electron chi connectivity index (χ0n) is 9.05. The molecule has 78 valence electrons. The van der Waals surface area contributed by atoms with Crippen molar-refractivity contribution >= 4 is 26.8 Å². The Morgan fingerprint density at radius 3 is 2.67 bits per heavy atom. The lowest BCUT2D eigenvalue weighted by molar-refractivity contribution is 0.755. The first-order chi connectivity index (χ1) is 7.18. The minimum Gasteiger partial charge on any atom is -0.332 e. The number of hydrogen-bond donors (Lipinski definition) is 0. The van der Waals surface area contributed by atoms with Crippen LogP contribution in [-0.2, 0) is 0 Å². The fourth-order valence-corrected chi connectivity index (χ4v) is 2.94. The SMILES string of the molecule is Cc1ccc2c(c1)c(C)c(Br)n2C1CC1. The number of fused-ring (bicyclic) bond motifs is 1. The molecule has 0 bridgehead atoms. The summed E-state index contributed by atoms with van der Waals surface area (Å²) >= 11 is 3.72. The molecule has 0 radical (unpaired) electrons. The van der Waals surface area contributed by atoms with Crippen LogP contribution in [0.2, 0.25) is 0 Å². The van der Waals surface area contributed by atoms with Gasteiger partial charge in [-0.25, -0.2) is 0 Å². The molecule has 3 rings (SSSR count). The average molecular weight is 264 g/mol. The van der Waals surface area contributed by atoms with Crippen molar-refractivity contribution in [1.82, 2.24) is 4.57 Å². The Hall–Kier alpha value is -0.760. The molecule has 2 heteroatoms. The summed E-state index contributed by atoms with van der Waals surface area (Å²) in [6.45, 7) is 4.35. The van der Waals surface area contributed by atoms with Crippen molar-refractivity contribution < 1.29 is 0 Å². The summed E-state index contributed by atoms with van der Waals surface area (Å²) < 4.78 is 3.72. The molecule has 1 fully saturated rings. The van der Waals surface area contributed by atoms with Gasteiger partial charge in [0, 0.05) is 16.9 Å². The summed E-state index contributed by atoms with van der Waals surface area (Å²) in [6, 6.07) is 7.47. The Morgan fingerprint density at radius 1 is 1.27 bits per heavy atom. The molecule has 0 amide bonds. The third kappa shape index (κ3) is 1.35. The highest BCUT2D eigenvalue weighted by molar-refractivity contribution is 9.10. The monoisotopic (exact) mass is 263 g/mol. The highest BCUT2D eigenvalue weighted by Crippen LogP contribution is 2.43. The Bertz CT molecular complexity index is 535. The number of hydrogen-bond acceptors (Lipinski definition) is 0. The average Bonchev–Trinajstić information content (AvgIpc) is 3.00. The van der Waals surface area contributed by atoms with E-state index in [2.05, 4.69) is 52.5 Å². The van der Waals surface area contributed by atoms with Gasteiger partial charge in [0.15, 0.2) is 0 Å². The molecule has 0 unspecified atom stereocenters. The van der Waals surface area contributed by atoms with Crippen molar-refractivity contribution in [2.24, 2.45) is 0 Å². The lowest BCUT2D eigenvalue weighted by Gasteiger charge is -2.04. The van der Waals surface area contributed by atoms with Crippen LogP contribution in [0, 0.1) is 13.8 Å². The number of aromatic nitrogens is 1. The van der Waals surface area contributed by atoms with E-state index in [0.717, 1.165) is 6.04 Å². The summed E-state index contributed by atoms with van der Waals surface area (Å²) in [7, 11) is 0. The Morgan fingerprint density at radius 2 is 2.00 bits per heavy atom.